The van der Waals surface area contributed by atoms with Crippen LogP contribution < -0.4 is 10.2 Å². The Morgan fingerprint density at radius 2 is 1.76 bits per heavy atom. The van der Waals surface area contributed by atoms with E-state index in [1.54, 1.807) is 48.5 Å². The van der Waals surface area contributed by atoms with Crippen molar-refractivity contribution in [3.05, 3.63) is 76.5 Å². The molecule has 4 rings (SSSR count). The Bertz CT molecular complexity index is 1320. The van der Waals surface area contributed by atoms with Gasteiger partial charge in [0, 0.05) is 24.0 Å². The average molecular weight is 498 g/mol. The first kappa shape index (κ1) is 23.8. The van der Waals surface area contributed by atoms with E-state index in [0.29, 0.717) is 11.4 Å². The third-order valence-electron chi connectivity index (χ3n) is 5.44. The summed E-state index contributed by atoms with van der Waals surface area (Å²) in [6, 6.07) is 15.1. The molecule has 10 heteroatoms. The summed E-state index contributed by atoms with van der Waals surface area (Å²) in [5, 5.41) is 4.45. The van der Waals surface area contributed by atoms with Crippen molar-refractivity contribution in [2.45, 2.75) is 37.8 Å². The van der Waals surface area contributed by atoms with Gasteiger partial charge >= 0.3 is 0 Å². The van der Waals surface area contributed by atoms with E-state index in [-0.39, 0.29) is 23.8 Å². The van der Waals surface area contributed by atoms with Gasteiger partial charge in [0.05, 0.1) is 17.0 Å². The second-order valence-electron chi connectivity index (χ2n) is 7.96. The van der Waals surface area contributed by atoms with Crippen molar-refractivity contribution in [2.75, 3.05) is 10.2 Å². The normalized spacial score (nSPS) is 16.3. The van der Waals surface area contributed by atoms with Crippen LogP contribution >= 0.6 is 11.3 Å². The monoisotopic (exact) mass is 497 g/mol. The first-order valence-corrected chi connectivity index (χ1v) is 12.8. The summed E-state index contributed by atoms with van der Waals surface area (Å²) >= 11 is 1.38. The summed E-state index contributed by atoms with van der Waals surface area (Å²) in [4.78, 5) is 39.4. The fraction of sp³-hybridized carbons (Fsp3) is 0.208. The lowest BCUT2D eigenvalue weighted by molar-refractivity contribution is -0.122. The second-order valence-corrected chi connectivity index (χ2v) is 10.9. The number of hydrogen-bond acceptors (Lipinski definition) is 6. The van der Waals surface area contributed by atoms with Gasteiger partial charge < -0.3 is 5.32 Å². The molecule has 1 aromatic heterocycles. The molecule has 0 bridgehead atoms. The highest BCUT2D eigenvalue weighted by Gasteiger charge is 2.47. The van der Waals surface area contributed by atoms with Crippen molar-refractivity contribution < 1.29 is 22.8 Å². The number of rotatable bonds is 7. The van der Waals surface area contributed by atoms with E-state index in [1.165, 1.54) is 30.4 Å². The molecule has 1 unspecified atom stereocenters. The van der Waals surface area contributed by atoms with Gasteiger partial charge in [-0.3, -0.25) is 14.4 Å². The lowest BCUT2D eigenvalue weighted by atomic mass is 10.2. The number of aryl methyl sites for hydroxylation is 1. The number of imide groups is 1. The molecule has 3 aromatic rings. The topological polar surface area (TPSA) is 104 Å². The predicted molar refractivity (Wildman–Crippen MR) is 130 cm³/mol. The van der Waals surface area contributed by atoms with Crippen molar-refractivity contribution in [3.8, 4) is 0 Å². The number of amides is 3. The maximum Gasteiger partial charge on any atom is 0.252 e. The van der Waals surface area contributed by atoms with Crippen LogP contribution in [-0.4, -0.2) is 36.5 Å². The fourth-order valence-electron chi connectivity index (χ4n) is 3.77. The van der Waals surface area contributed by atoms with E-state index in [9.17, 15) is 22.8 Å². The molecule has 1 aliphatic heterocycles. The molecule has 0 aliphatic carbocycles. The molecule has 1 aliphatic rings. The number of hydrogen-bond donors (Lipinski definition) is 1. The highest BCUT2D eigenvalue weighted by Crippen LogP contribution is 2.32. The number of carbonyl (C=O) groups excluding carboxylic acids is 3. The Hall–Kier alpha value is -3.34. The van der Waals surface area contributed by atoms with E-state index in [4.69, 9.17) is 0 Å². The third kappa shape index (κ3) is 4.79. The van der Waals surface area contributed by atoms with Crippen molar-refractivity contribution >= 4 is 50.5 Å². The first-order valence-electron chi connectivity index (χ1n) is 10.5. The van der Waals surface area contributed by atoms with E-state index in [0.717, 1.165) is 19.6 Å². The zero-order valence-electron chi connectivity index (χ0n) is 18.6. The number of sulfonamides is 1. The maximum absolute atomic E-state index is 13.6. The second kappa shape index (κ2) is 9.49. The highest BCUT2D eigenvalue weighted by atomic mass is 32.2. The maximum atomic E-state index is 13.6. The number of carbonyl (C=O) groups is 3. The minimum Gasteiger partial charge on any atom is -0.326 e. The average Bonchev–Trinajstić information content (AvgIpc) is 3.40. The number of thiophene rings is 1. The van der Waals surface area contributed by atoms with E-state index in [1.807, 2.05) is 12.3 Å². The highest BCUT2D eigenvalue weighted by molar-refractivity contribution is 7.89. The van der Waals surface area contributed by atoms with Gasteiger partial charge in [-0.1, -0.05) is 23.8 Å². The zero-order valence-corrected chi connectivity index (χ0v) is 20.2. The summed E-state index contributed by atoms with van der Waals surface area (Å²) in [5.41, 5.74) is 1.74. The summed E-state index contributed by atoms with van der Waals surface area (Å²) in [7, 11) is -4.07. The molecule has 0 radical (unpaired) electrons. The lowest BCUT2D eigenvalue weighted by Crippen LogP contribution is -2.44. The van der Waals surface area contributed by atoms with E-state index < -0.39 is 27.9 Å². The molecule has 1 fully saturated rings. The molecule has 34 heavy (non-hydrogen) atoms. The molecule has 2 aromatic carbocycles. The van der Waals surface area contributed by atoms with Crippen LogP contribution in [0.2, 0.25) is 0 Å². The van der Waals surface area contributed by atoms with Crippen LogP contribution in [0.4, 0.5) is 11.4 Å². The van der Waals surface area contributed by atoms with Crippen LogP contribution in [0.15, 0.2) is 70.9 Å². The fourth-order valence-corrected chi connectivity index (χ4v) is 6.12. The Morgan fingerprint density at radius 1 is 1.09 bits per heavy atom. The SMILES string of the molecule is CC(=O)Nc1ccc(N2C(=O)CC(N(Cc3cccs3)S(=O)(=O)c3ccc(C)cc3)C2=O)cc1. The summed E-state index contributed by atoms with van der Waals surface area (Å²) < 4.78 is 28.3. The molecule has 2 heterocycles. The summed E-state index contributed by atoms with van der Waals surface area (Å²) in [5.74, 6) is -1.34. The van der Waals surface area contributed by atoms with Gasteiger partial charge in [-0.15, -0.1) is 11.3 Å². The standard InChI is InChI=1S/C24H23N3O5S2/c1-16-5-11-21(12-6-16)34(31,32)26(15-20-4-3-13-33-20)22-14-23(29)27(24(22)30)19-9-7-18(8-10-19)25-17(2)28/h3-13,22H,14-15H2,1-2H3,(H,25,28). The van der Waals surface area contributed by atoms with Crippen molar-refractivity contribution in [2.24, 2.45) is 0 Å². The van der Waals surface area contributed by atoms with Crippen LogP contribution in [0, 0.1) is 6.92 Å². The number of benzene rings is 2. The molecule has 0 saturated carbocycles. The van der Waals surface area contributed by atoms with Gasteiger partial charge in [0.15, 0.2) is 0 Å². The third-order valence-corrected chi connectivity index (χ3v) is 8.17. The molecule has 176 valence electrons. The molecule has 1 saturated heterocycles. The molecular formula is C24H23N3O5S2. The van der Waals surface area contributed by atoms with E-state index >= 15 is 0 Å². The van der Waals surface area contributed by atoms with Crippen LogP contribution in [0.3, 0.4) is 0 Å². The predicted octanol–water partition coefficient (Wildman–Crippen LogP) is 3.54. The van der Waals surface area contributed by atoms with Gasteiger partial charge in [-0.25, -0.2) is 13.3 Å². The minimum absolute atomic E-state index is 0.0210. The smallest absolute Gasteiger partial charge is 0.252 e. The van der Waals surface area contributed by atoms with Crippen molar-refractivity contribution in [1.29, 1.82) is 0 Å². The Labute approximate surface area is 201 Å². The van der Waals surface area contributed by atoms with Gasteiger partial charge in [-0.2, -0.15) is 4.31 Å². The van der Waals surface area contributed by atoms with Crippen molar-refractivity contribution in [1.82, 2.24) is 4.31 Å². The Morgan fingerprint density at radius 3 is 2.35 bits per heavy atom. The van der Waals surface area contributed by atoms with Gasteiger partial charge in [0.2, 0.25) is 21.8 Å². The zero-order chi connectivity index (χ0) is 24.5. The van der Waals surface area contributed by atoms with Crippen LogP contribution in [-0.2, 0) is 31.0 Å². The first-order chi connectivity index (χ1) is 16.2. The molecule has 1 N–H and O–H groups in total. The van der Waals surface area contributed by atoms with Gasteiger partial charge in [0.1, 0.15) is 6.04 Å². The molecule has 8 nitrogen and oxygen atoms in total. The quantitative estimate of drug-likeness (QED) is 0.503. The number of nitrogens with one attached hydrogen (secondary N) is 1. The van der Waals surface area contributed by atoms with E-state index in [2.05, 4.69) is 5.32 Å². The molecule has 1 atom stereocenters. The van der Waals surface area contributed by atoms with Gasteiger partial charge in [-0.05, 0) is 54.8 Å². The molecular weight excluding hydrogens is 474 g/mol. The molecule has 3 amide bonds. The Kier molecular flexibility index (Phi) is 6.65. The Balaban J connectivity index is 1.68. The van der Waals surface area contributed by atoms with Gasteiger partial charge in [0.25, 0.3) is 5.91 Å². The largest absolute Gasteiger partial charge is 0.326 e. The summed E-state index contributed by atoms with van der Waals surface area (Å²) in [6.07, 6.45) is -0.261. The van der Waals surface area contributed by atoms with Crippen molar-refractivity contribution in [3.63, 3.8) is 0 Å². The number of nitrogens with zero attached hydrogens (tertiary/aromatic N) is 2. The van der Waals surface area contributed by atoms with Crippen LogP contribution in [0.25, 0.3) is 0 Å². The molecule has 0 spiro atoms. The van der Waals surface area contributed by atoms with Crippen LogP contribution in [0.1, 0.15) is 23.8 Å². The lowest BCUT2D eigenvalue weighted by Gasteiger charge is -2.26. The van der Waals surface area contributed by atoms with Crippen LogP contribution in [0.5, 0.6) is 0 Å². The summed E-state index contributed by atoms with van der Waals surface area (Å²) in [6.45, 7) is 3.21. The number of anilines is 2. The minimum atomic E-state index is -4.07.